The number of tetrazole rings is 1. The van der Waals surface area contributed by atoms with Gasteiger partial charge < -0.3 is 31.0 Å². The Labute approximate surface area is 274 Å². The molecular formula is C26H30N10O9S2. The highest BCUT2D eigenvalue weighted by atomic mass is 32.2. The van der Waals surface area contributed by atoms with E-state index in [1.54, 1.807) is 25.1 Å². The van der Waals surface area contributed by atoms with E-state index in [1.807, 2.05) is 5.48 Å². The minimum absolute atomic E-state index is 0.0820. The monoisotopic (exact) mass is 690 g/mol. The number of hydroxylamine groups is 1. The van der Waals surface area contributed by atoms with Crippen molar-refractivity contribution in [1.82, 2.24) is 51.0 Å². The second kappa shape index (κ2) is 14.0. The molecule has 0 radical (unpaired) electrons. The number of hydrogen-bond donors (Lipinski definition) is 6. The van der Waals surface area contributed by atoms with E-state index in [1.165, 1.54) is 21.7 Å². The summed E-state index contributed by atoms with van der Waals surface area (Å²) in [5, 5.41) is 44.8. The van der Waals surface area contributed by atoms with E-state index < -0.39 is 52.7 Å². The van der Waals surface area contributed by atoms with Crippen molar-refractivity contribution in [2.24, 2.45) is 0 Å². The molecule has 47 heavy (non-hydrogen) atoms. The minimum atomic E-state index is -2.18. The smallest absolute Gasteiger partial charge is 0.352 e. The first-order valence-corrected chi connectivity index (χ1v) is 16.2. The summed E-state index contributed by atoms with van der Waals surface area (Å²) in [6.07, 6.45) is 0. The van der Waals surface area contributed by atoms with E-state index in [0.29, 0.717) is 15.6 Å². The summed E-state index contributed by atoms with van der Waals surface area (Å²) in [7, 11) is 0. The van der Waals surface area contributed by atoms with E-state index in [-0.39, 0.29) is 55.6 Å². The standard InChI is InChI=1S/C26H30N10O9S2/c1-2-33-8-9-34(20(40)19(33)39)24(44)27-16(14-6-4-3-5-7-14)18(38)28-26(30-45)22(43)36-17(21(41)42)15(12-46-23(26)36)13-47-25-29-31-32-35(25)10-11-37/h3-7,16,23,30,37,45H,2,8-13H2,1H3,(H,27,44)(H,28,38)(H,41,42)/t16?,23-,26-/m0/s1. The number of carboxylic acids is 1. The first-order chi connectivity index (χ1) is 22.6. The van der Waals surface area contributed by atoms with Gasteiger partial charge in [-0.1, -0.05) is 42.1 Å². The summed E-state index contributed by atoms with van der Waals surface area (Å²) >= 11 is 2.17. The zero-order chi connectivity index (χ0) is 33.9. The number of carbonyl (C=O) groups is 6. The Kier molecular flexibility index (Phi) is 10.1. The van der Waals surface area contributed by atoms with Gasteiger partial charge in [-0.05, 0) is 28.5 Å². The maximum atomic E-state index is 13.8. The van der Waals surface area contributed by atoms with Crippen molar-refractivity contribution in [2.75, 3.05) is 37.7 Å². The van der Waals surface area contributed by atoms with Crippen molar-refractivity contribution >= 4 is 59.2 Å². The molecule has 0 saturated carbocycles. The van der Waals surface area contributed by atoms with Crippen molar-refractivity contribution in [3.63, 3.8) is 0 Å². The number of benzene rings is 1. The Hall–Kier alpha value is -4.57. The molecule has 2 saturated heterocycles. The Morgan fingerprint density at radius 3 is 2.55 bits per heavy atom. The lowest BCUT2D eigenvalue weighted by molar-refractivity contribution is -0.171. The number of piperazine rings is 1. The number of β-lactam (4-membered cyclic amide) rings is 1. The molecule has 4 heterocycles. The summed E-state index contributed by atoms with van der Waals surface area (Å²) in [6.45, 7) is 1.88. The summed E-state index contributed by atoms with van der Waals surface area (Å²) < 4.78 is 1.34. The van der Waals surface area contributed by atoms with Crippen LogP contribution in [0.15, 0.2) is 46.8 Å². The van der Waals surface area contributed by atoms with Gasteiger partial charge in [-0.15, -0.1) is 16.9 Å². The lowest BCUT2D eigenvalue weighted by atomic mass is 9.94. The van der Waals surface area contributed by atoms with E-state index >= 15 is 0 Å². The summed E-state index contributed by atoms with van der Waals surface area (Å²) in [5.41, 5.74) is -0.0615. The van der Waals surface area contributed by atoms with Gasteiger partial charge in [0, 0.05) is 31.1 Å². The Morgan fingerprint density at radius 1 is 1.15 bits per heavy atom. The van der Waals surface area contributed by atoms with Crippen LogP contribution < -0.4 is 16.1 Å². The highest BCUT2D eigenvalue weighted by Crippen LogP contribution is 2.46. The third kappa shape index (κ3) is 6.26. The zero-order valence-corrected chi connectivity index (χ0v) is 26.4. The van der Waals surface area contributed by atoms with Crippen LogP contribution >= 0.6 is 23.5 Å². The summed E-state index contributed by atoms with van der Waals surface area (Å²) in [4.78, 5) is 80.9. The number of imide groups is 1. The van der Waals surface area contributed by atoms with E-state index in [0.717, 1.165) is 28.4 Å². The lowest BCUT2D eigenvalue weighted by Gasteiger charge is -2.56. The molecule has 0 bridgehead atoms. The predicted octanol–water partition coefficient (Wildman–Crippen LogP) is -2.06. The number of likely N-dealkylation sites (N-methyl/N-ethyl adjacent to an activating group) is 1. The number of thioether (sulfide) groups is 2. The normalized spacial score (nSPS) is 21.7. The average Bonchev–Trinajstić information content (AvgIpc) is 3.52. The SMILES string of the molecule is CCN1CCN(C(=O)NC(C(=O)N[C@]2(NO)C(=O)N3C(C(=O)O)=C(CSc4nnnn4CCO)CS[C@H]32)c2ccccc2)C(=O)C1=O. The number of urea groups is 1. The van der Waals surface area contributed by atoms with Crippen molar-refractivity contribution in [3.05, 3.63) is 47.2 Å². The van der Waals surface area contributed by atoms with Crippen LogP contribution in [0.3, 0.4) is 0 Å². The van der Waals surface area contributed by atoms with E-state index in [2.05, 4.69) is 26.2 Å². The van der Waals surface area contributed by atoms with Crippen molar-refractivity contribution in [1.29, 1.82) is 0 Å². The molecule has 5 rings (SSSR count). The summed E-state index contributed by atoms with van der Waals surface area (Å²) in [6, 6.07) is 5.36. The molecule has 6 amide bonds. The molecule has 0 aliphatic carbocycles. The fraction of sp³-hybridized carbons (Fsp3) is 0.423. The first kappa shape index (κ1) is 33.8. The third-order valence-corrected chi connectivity index (χ3v) is 10.1. The van der Waals surface area contributed by atoms with Crippen LogP contribution in [0.5, 0.6) is 0 Å². The van der Waals surface area contributed by atoms with Gasteiger partial charge in [0.2, 0.25) is 16.7 Å². The molecule has 1 aromatic heterocycles. The van der Waals surface area contributed by atoms with E-state index in [4.69, 9.17) is 0 Å². The number of fused-ring (bicyclic) bond motifs is 1. The van der Waals surface area contributed by atoms with Crippen LogP contribution in [-0.4, -0.2) is 135 Å². The Morgan fingerprint density at radius 2 is 1.89 bits per heavy atom. The lowest BCUT2D eigenvalue weighted by Crippen LogP contribution is -2.85. The number of nitrogens with one attached hydrogen (secondary N) is 3. The number of carboxylic acid groups (broad SMARTS) is 1. The second-order valence-electron chi connectivity index (χ2n) is 10.3. The number of nitrogens with zero attached hydrogens (tertiary/aromatic N) is 7. The largest absolute Gasteiger partial charge is 0.477 e. The third-order valence-electron chi connectivity index (χ3n) is 7.64. The van der Waals surface area contributed by atoms with Crippen LogP contribution in [0.1, 0.15) is 18.5 Å². The number of aromatic nitrogens is 4. The van der Waals surface area contributed by atoms with Crippen LogP contribution in [0, 0.1) is 0 Å². The maximum Gasteiger partial charge on any atom is 0.352 e. The fourth-order valence-electron chi connectivity index (χ4n) is 5.25. The van der Waals surface area contributed by atoms with Gasteiger partial charge in [0.15, 0.2) is 0 Å². The van der Waals surface area contributed by atoms with Crippen molar-refractivity contribution in [3.8, 4) is 0 Å². The van der Waals surface area contributed by atoms with Crippen LogP contribution in [-0.2, 0) is 30.5 Å². The topological polar surface area (TPSA) is 253 Å². The molecule has 3 atom stereocenters. The maximum absolute atomic E-state index is 13.8. The number of hydrogen-bond acceptors (Lipinski definition) is 14. The average molecular weight is 691 g/mol. The number of amides is 6. The Bertz CT molecular complexity index is 1620. The number of carbonyl (C=O) groups excluding carboxylic acids is 5. The molecule has 3 aliphatic heterocycles. The van der Waals surface area contributed by atoms with Gasteiger partial charge in [-0.2, -0.15) is 5.48 Å². The molecule has 6 N–H and O–H groups in total. The second-order valence-corrected chi connectivity index (χ2v) is 12.3. The number of aliphatic carboxylic acids is 1. The highest BCUT2D eigenvalue weighted by Gasteiger charge is 2.66. The zero-order valence-electron chi connectivity index (χ0n) is 24.7. The molecule has 2 fully saturated rings. The van der Waals surface area contributed by atoms with E-state index in [9.17, 15) is 44.2 Å². The molecule has 21 heteroatoms. The molecule has 2 aromatic rings. The fourth-order valence-corrected chi connectivity index (χ4v) is 7.70. The molecule has 3 aliphatic rings. The Balaban J connectivity index is 1.36. The number of rotatable bonds is 12. The van der Waals surface area contributed by atoms with Gasteiger partial charge in [0.05, 0.1) is 13.2 Å². The van der Waals surface area contributed by atoms with Crippen molar-refractivity contribution < 1.29 is 44.2 Å². The number of aliphatic hydroxyl groups excluding tert-OH is 1. The van der Waals surface area contributed by atoms with Gasteiger partial charge in [0.1, 0.15) is 17.1 Å². The minimum Gasteiger partial charge on any atom is -0.477 e. The number of aliphatic hydroxyl groups is 1. The van der Waals surface area contributed by atoms with Crippen LogP contribution in [0.25, 0.3) is 0 Å². The van der Waals surface area contributed by atoms with Gasteiger partial charge in [0.25, 0.3) is 5.91 Å². The molecule has 0 spiro atoms. The summed E-state index contributed by atoms with van der Waals surface area (Å²) in [5.74, 6) is -5.12. The molecular weight excluding hydrogens is 660 g/mol. The van der Waals surface area contributed by atoms with Crippen LogP contribution in [0.2, 0.25) is 0 Å². The van der Waals surface area contributed by atoms with Gasteiger partial charge in [-0.25, -0.2) is 14.3 Å². The van der Waals surface area contributed by atoms with Gasteiger partial charge >= 0.3 is 23.8 Å². The van der Waals surface area contributed by atoms with Crippen molar-refractivity contribution in [2.45, 2.75) is 35.7 Å². The quantitative estimate of drug-likeness (QED) is 0.0461. The van der Waals surface area contributed by atoms with Gasteiger partial charge in [-0.3, -0.25) is 29.0 Å². The predicted molar refractivity (Wildman–Crippen MR) is 161 cm³/mol. The highest BCUT2D eigenvalue weighted by molar-refractivity contribution is 8.01. The first-order valence-electron chi connectivity index (χ1n) is 14.2. The molecule has 1 unspecified atom stereocenters. The molecule has 19 nitrogen and oxygen atoms in total. The molecule has 250 valence electrons. The molecule has 1 aromatic carbocycles. The van der Waals surface area contributed by atoms with Crippen LogP contribution in [0.4, 0.5) is 4.79 Å².